The van der Waals surface area contributed by atoms with Crippen LogP contribution in [0.25, 0.3) is 16.7 Å². The lowest BCUT2D eigenvalue weighted by Gasteiger charge is -2.26. The Labute approximate surface area is 168 Å². The minimum absolute atomic E-state index is 0.102. The van der Waals surface area contributed by atoms with E-state index < -0.39 is 5.97 Å². The third kappa shape index (κ3) is 4.12. The number of carbonyl (C=O) groups is 1. The lowest BCUT2D eigenvalue weighted by atomic mass is 9.80. The van der Waals surface area contributed by atoms with Gasteiger partial charge in [0.1, 0.15) is 22.5 Å². The lowest BCUT2D eigenvalue weighted by molar-refractivity contribution is -0.137. The maximum absolute atomic E-state index is 11.0. The van der Waals surface area contributed by atoms with Gasteiger partial charge in [-0.3, -0.25) is 4.79 Å². The summed E-state index contributed by atoms with van der Waals surface area (Å²) < 4.78 is 0. The standard InChI is InChI=1S/C21H24ClN3O3/c1-4-21(2,3)15-10-13(6-5-7-19(26)27)11-18(20(15)28)25-23-16-9-8-14(22)12-17(16)24-25/h8-12,28H,4-7H2,1-3H3,(H,26,27). The molecular weight excluding hydrogens is 378 g/mol. The van der Waals surface area contributed by atoms with E-state index in [0.717, 1.165) is 17.5 Å². The number of aryl methyl sites for hydroxylation is 1. The van der Waals surface area contributed by atoms with Crippen LogP contribution in [0.2, 0.25) is 5.02 Å². The van der Waals surface area contributed by atoms with Gasteiger partial charge in [0.2, 0.25) is 0 Å². The summed E-state index contributed by atoms with van der Waals surface area (Å²) in [5.41, 5.74) is 3.30. The highest BCUT2D eigenvalue weighted by molar-refractivity contribution is 6.31. The topological polar surface area (TPSA) is 88.2 Å². The Bertz CT molecular complexity index is 1030. The highest BCUT2D eigenvalue weighted by Gasteiger charge is 2.25. The van der Waals surface area contributed by atoms with E-state index in [0.29, 0.717) is 34.6 Å². The first-order chi connectivity index (χ1) is 13.2. The molecule has 0 saturated heterocycles. The van der Waals surface area contributed by atoms with Gasteiger partial charge in [-0.1, -0.05) is 38.4 Å². The van der Waals surface area contributed by atoms with Crippen molar-refractivity contribution in [2.75, 3.05) is 0 Å². The Morgan fingerprint density at radius 3 is 2.57 bits per heavy atom. The average Bonchev–Trinajstić information content (AvgIpc) is 3.05. The van der Waals surface area contributed by atoms with Crippen LogP contribution in [0.5, 0.6) is 5.75 Å². The number of hydrogen-bond acceptors (Lipinski definition) is 4. The first kappa shape index (κ1) is 20.1. The fourth-order valence-electron chi connectivity index (χ4n) is 3.12. The third-order valence-corrected chi connectivity index (χ3v) is 5.41. The Balaban J connectivity index is 2.11. The minimum Gasteiger partial charge on any atom is -0.505 e. The summed E-state index contributed by atoms with van der Waals surface area (Å²) in [6, 6.07) is 9.05. The van der Waals surface area contributed by atoms with E-state index in [4.69, 9.17) is 16.7 Å². The third-order valence-electron chi connectivity index (χ3n) is 5.18. The van der Waals surface area contributed by atoms with E-state index in [1.165, 1.54) is 4.80 Å². The highest BCUT2D eigenvalue weighted by Crippen LogP contribution is 2.38. The Kier molecular flexibility index (Phi) is 5.61. The van der Waals surface area contributed by atoms with E-state index >= 15 is 0 Å². The molecule has 0 fully saturated rings. The molecule has 2 N–H and O–H groups in total. The summed E-state index contributed by atoms with van der Waals surface area (Å²) in [6.45, 7) is 6.21. The molecule has 0 atom stereocenters. The molecule has 0 aliphatic rings. The molecule has 0 amide bonds. The molecule has 0 bridgehead atoms. The number of phenols is 1. The Morgan fingerprint density at radius 1 is 1.18 bits per heavy atom. The molecule has 0 spiro atoms. The number of hydrogen-bond donors (Lipinski definition) is 2. The monoisotopic (exact) mass is 401 g/mol. The largest absolute Gasteiger partial charge is 0.505 e. The molecule has 0 aliphatic carbocycles. The fourth-order valence-corrected chi connectivity index (χ4v) is 3.29. The molecule has 28 heavy (non-hydrogen) atoms. The Morgan fingerprint density at radius 2 is 1.89 bits per heavy atom. The molecule has 7 heteroatoms. The number of aliphatic carboxylic acids is 1. The number of fused-ring (bicyclic) bond motifs is 1. The smallest absolute Gasteiger partial charge is 0.303 e. The number of aromatic hydroxyl groups is 1. The van der Waals surface area contributed by atoms with Gasteiger partial charge in [-0.15, -0.1) is 15.0 Å². The van der Waals surface area contributed by atoms with Crippen LogP contribution in [0, 0.1) is 0 Å². The van der Waals surface area contributed by atoms with Crippen molar-refractivity contribution in [2.24, 2.45) is 0 Å². The van der Waals surface area contributed by atoms with Crippen molar-refractivity contribution >= 4 is 28.6 Å². The summed E-state index contributed by atoms with van der Waals surface area (Å²) in [4.78, 5) is 12.3. The summed E-state index contributed by atoms with van der Waals surface area (Å²) in [5.74, 6) is -0.676. The lowest BCUT2D eigenvalue weighted by Crippen LogP contribution is -2.17. The first-order valence-electron chi connectivity index (χ1n) is 9.32. The molecule has 0 aliphatic heterocycles. The van der Waals surface area contributed by atoms with Gasteiger partial charge in [0.25, 0.3) is 0 Å². The van der Waals surface area contributed by atoms with E-state index in [-0.39, 0.29) is 17.6 Å². The quantitative estimate of drug-likeness (QED) is 0.589. The predicted octanol–water partition coefficient (Wildman–Crippen LogP) is 4.87. The van der Waals surface area contributed by atoms with Crippen molar-refractivity contribution in [1.29, 1.82) is 0 Å². The molecule has 1 heterocycles. The van der Waals surface area contributed by atoms with E-state index in [1.807, 2.05) is 12.1 Å². The van der Waals surface area contributed by atoms with Gasteiger partial charge in [-0.2, -0.15) is 0 Å². The van der Waals surface area contributed by atoms with Crippen LogP contribution < -0.4 is 0 Å². The second-order valence-corrected chi connectivity index (χ2v) is 8.05. The summed E-state index contributed by atoms with van der Waals surface area (Å²) in [7, 11) is 0. The van der Waals surface area contributed by atoms with Crippen molar-refractivity contribution in [1.82, 2.24) is 15.0 Å². The number of rotatable bonds is 7. The van der Waals surface area contributed by atoms with Crippen LogP contribution in [0.4, 0.5) is 0 Å². The van der Waals surface area contributed by atoms with E-state index in [2.05, 4.69) is 31.0 Å². The van der Waals surface area contributed by atoms with E-state index in [1.54, 1.807) is 18.2 Å². The molecule has 1 aromatic heterocycles. The van der Waals surface area contributed by atoms with Gasteiger partial charge in [0.05, 0.1) is 0 Å². The second-order valence-electron chi connectivity index (χ2n) is 7.62. The van der Waals surface area contributed by atoms with Crippen molar-refractivity contribution < 1.29 is 15.0 Å². The number of carboxylic acid groups (broad SMARTS) is 1. The van der Waals surface area contributed by atoms with Gasteiger partial charge >= 0.3 is 5.97 Å². The van der Waals surface area contributed by atoms with Gasteiger partial charge in [-0.25, -0.2) is 0 Å². The zero-order chi connectivity index (χ0) is 20.5. The average molecular weight is 402 g/mol. The first-order valence-corrected chi connectivity index (χ1v) is 9.70. The normalized spacial score (nSPS) is 11.9. The summed E-state index contributed by atoms with van der Waals surface area (Å²) in [6.07, 6.45) is 2.06. The number of nitrogens with zero attached hydrogens (tertiary/aromatic N) is 3. The molecule has 3 aromatic rings. The maximum Gasteiger partial charge on any atom is 0.303 e. The van der Waals surface area contributed by atoms with Crippen LogP contribution in [0.1, 0.15) is 51.2 Å². The maximum atomic E-state index is 11.0. The molecule has 6 nitrogen and oxygen atoms in total. The molecule has 0 unspecified atom stereocenters. The van der Waals surface area contributed by atoms with Crippen molar-refractivity contribution in [2.45, 2.75) is 51.9 Å². The molecule has 0 radical (unpaired) electrons. The van der Waals surface area contributed by atoms with Gasteiger partial charge in [0, 0.05) is 17.0 Å². The van der Waals surface area contributed by atoms with Gasteiger partial charge in [0.15, 0.2) is 0 Å². The second kappa shape index (κ2) is 7.80. The van der Waals surface area contributed by atoms with Crippen LogP contribution >= 0.6 is 11.6 Å². The zero-order valence-corrected chi connectivity index (χ0v) is 17.0. The number of halogens is 1. The molecule has 3 rings (SSSR count). The summed E-state index contributed by atoms with van der Waals surface area (Å²) in [5, 5.41) is 29.4. The molecule has 0 saturated carbocycles. The zero-order valence-electron chi connectivity index (χ0n) is 16.2. The fraction of sp³-hybridized carbons (Fsp3) is 0.381. The predicted molar refractivity (Wildman–Crippen MR) is 109 cm³/mol. The van der Waals surface area contributed by atoms with Crippen LogP contribution in [-0.2, 0) is 16.6 Å². The van der Waals surface area contributed by atoms with Crippen LogP contribution in [-0.4, -0.2) is 31.2 Å². The number of aromatic nitrogens is 3. The van der Waals surface area contributed by atoms with Crippen molar-refractivity contribution in [3.63, 3.8) is 0 Å². The highest BCUT2D eigenvalue weighted by atomic mass is 35.5. The van der Waals surface area contributed by atoms with Crippen LogP contribution in [0.15, 0.2) is 30.3 Å². The van der Waals surface area contributed by atoms with Gasteiger partial charge in [-0.05, 0) is 54.5 Å². The van der Waals surface area contributed by atoms with E-state index in [9.17, 15) is 9.90 Å². The number of phenolic OH excluding ortho intramolecular Hbond substituents is 1. The summed E-state index contributed by atoms with van der Waals surface area (Å²) >= 11 is 6.04. The number of carboxylic acids is 1. The molecule has 148 valence electrons. The Hall–Kier alpha value is -2.60. The minimum atomic E-state index is -0.815. The number of benzene rings is 2. The van der Waals surface area contributed by atoms with Gasteiger partial charge < -0.3 is 10.2 Å². The molecule has 2 aromatic carbocycles. The molecular formula is C21H24ClN3O3. The van der Waals surface area contributed by atoms with Crippen molar-refractivity contribution in [3.8, 4) is 11.4 Å². The van der Waals surface area contributed by atoms with Crippen molar-refractivity contribution in [3.05, 3.63) is 46.5 Å². The van der Waals surface area contributed by atoms with Crippen LogP contribution in [0.3, 0.4) is 0 Å². The SMILES string of the molecule is CCC(C)(C)c1cc(CCCC(=O)O)cc(-n2nc3ccc(Cl)cc3n2)c1O.